The van der Waals surface area contributed by atoms with Gasteiger partial charge in [-0.1, -0.05) is 12.1 Å². The summed E-state index contributed by atoms with van der Waals surface area (Å²) < 4.78 is 5.30. The summed E-state index contributed by atoms with van der Waals surface area (Å²) >= 11 is 0. The van der Waals surface area contributed by atoms with Gasteiger partial charge in [-0.25, -0.2) is 14.9 Å². The number of hydrogen-bond donors (Lipinski definition) is 3. The number of hydrogen-bond acceptors (Lipinski definition) is 5. The summed E-state index contributed by atoms with van der Waals surface area (Å²) in [5.74, 6) is 0.304. The number of carbonyl (C=O) groups is 1. The number of carbonyl (C=O) groups excluding carboxylic acids is 1. The minimum absolute atomic E-state index is 0.00245. The third-order valence-corrected chi connectivity index (χ3v) is 4.32. The molecule has 0 fully saturated rings. The van der Waals surface area contributed by atoms with E-state index in [0.717, 1.165) is 22.7 Å². The molecule has 1 aromatic carbocycles. The zero-order valence-electron chi connectivity index (χ0n) is 13.4. The summed E-state index contributed by atoms with van der Waals surface area (Å²) in [5, 5.41) is 5.95. The van der Waals surface area contributed by atoms with Crippen LogP contribution in [-0.2, 0) is 6.54 Å². The number of H-pyrrole nitrogens is 3. The average Bonchev–Trinajstić information content (AvgIpc) is 3.29. The standard InChI is InChI=1S/C16H16N6O3/c1-25-10-4-2-3-9(5-10)11-6-22(7-12-13(11)18-8-17-12)15(23)14-19-16(24)21-20-14/h2-5,8,11H,6-7H2,1H3,(H,17,18)(H2,19,20,21,24). The molecule has 0 spiro atoms. The van der Waals surface area contributed by atoms with E-state index in [-0.39, 0.29) is 17.6 Å². The number of ether oxygens (including phenoxy) is 1. The molecule has 0 radical (unpaired) electrons. The molecule has 1 aliphatic heterocycles. The van der Waals surface area contributed by atoms with Gasteiger partial charge >= 0.3 is 5.69 Å². The second-order valence-corrected chi connectivity index (χ2v) is 5.81. The predicted molar refractivity (Wildman–Crippen MR) is 87.4 cm³/mol. The Bertz CT molecular complexity index is 972. The van der Waals surface area contributed by atoms with Crippen LogP contribution >= 0.6 is 0 Å². The molecule has 1 amide bonds. The van der Waals surface area contributed by atoms with Gasteiger partial charge in [-0.15, -0.1) is 5.10 Å². The Morgan fingerprint density at radius 3 is 3.04 bits per heavy atom. The number of fused-ring (bicyclic) bond motifs is 1. The van der Waals surface area contributed by atoms with Crippen LogP contribution in [0, 0.1) is 0 Å². The number of nitrogens with one attached hydrogen (secondary N) is 3. The Morgan fingerprint density at radius 2 is 2.28 bits per heavy atom. The fraction of sp³-hybridized carbons (Fsp3) is 0.250. The molecule has 3 aromatic rings. The van der Waals surface area contributed by atoms with Gasteiger partial charge in [0.15, 0.2) is 0 Å². The van der Waals surface area contributed by atoms with Crippen LogP contribution in [0.4, 0.5) is 0 Å². The Kier molecular flexibility index (Phi) is 3.60. The molecule has 0 bridgehead atoms. The SMILES string of the molecule is COc1cccc(C2CN(C(=O)c3n[nH]c(=O)[nH]3)Cc3[nH]cnc32)c1. The Morgan fingerprint density at radius 1 is 1.40 bits per heavy atom. The Labute approximate surface area is 142 Å². The molecule has 0 saturated heterocycles. The molecule has 3 heterocycles. The zero-order chi connectivity index (χ0) is 17.4. The minimum atomic E-state index is -0.507. The highest BCUT2D eigenvalue weighted by Gasteiger charge is 2.32. The summed E-state index contributed by atoms with van der Waals surface area (Å²) in [6.45, 7) is 0.808. The van der Waals surface area contributed by atoms with Crippen molar-refractivity contribution in [2.75, 3.05) is 13.7 Å². The minimum Gasteiger partial charge on any atom is -0.497 e. The smallest absolute Gasteiger partial charge is 0.341 e. The molecule has 128 valence electrons. The van der Waals surface area contributed by atoms with Gasteiger partial charge in [0.2, 0.25) is 5.82 Å². The summed E-state index contributed by atoms with van der Waals surface area (Å²) in [4.78, 5) is 35.4. The molecule has 1 aliphatic rings. The lowest BCUT2D eigenvalue weighted by atomic mass is 9.90. The van der Waals surface area contributed by atoms with E-state index in [0.29, 0.717) is 13.1 Å². The molecule has 0 aliphatic carbocycles. The van der Waals surface area contributed by atoms with Gasteiger partial charge in [0.1, 0.15) is 5.75 Å². The molecule has 9 heteroatoms. The highest BCUT2D eigenvalue weighted by Crippen LogP contribution is 2.33. The van der Waals surface area contributed by atoms with Gasteiger partial charge in [0.25, 0.3) is 5.91 Å². The van der Waals surface area contributed by atoms with E-state index in [1.807, 2.05) is 24.3 Å². The summed E-state index contributed by atoms with van der Waals surface area (Å²) in [6.07, 6.45) is 1.63. The first-order valence-electron chi connectivity index (χ1n) is 7.75. The Balaban J connectivity index is 1.70. The van der Waals surface area contributed by atoms with E-state index in [1.165, 1.54) is 0 Å². The maximum absolute atomic E-state index is 12.7. The number of imidazole rings is 1. The second kappa shape index (κ2) is 5.93. The molecular weight excluding hydrogens is 324 g/mol. The number of aromatic amines is 3. The lowest BCUT2D eigenvalue weighted by Gasteiger charge is -2.31. The fourth-order valence-corrected chi connectivity index (χ4v) is 3.12. The number of rotatable bonds is 3. The van der Waals surface area contributed by atoms with Crippen LogP contribution in [0.2, 0.25) is 0 Å². The number of amides is 1. The van der Waals surface area contributed by atoms with Crippen molar-refractivity contribution < 1.29 is 9.53 Å². The molecule has 1 unspecified atom stereocenters. The molecule has 9 nitrogen and oxygen atoms in total. The third-order valence-electron chi connectivity index (χ3n) is 4.32. The van der Waals surface area contributed by atoms with Crippen LogP contribution in [0.5, 0.6) is 5.75 Å². The van der Waals surface area contributed by atoms with Crippen molar-refractivity contribution in [3.8, 4) is 5.75 Å². The maximum Gasteiger partial charge on any atom is 0.341 e. The zero-order valence-corrected chi connectivity index (χ0v) is 13.4. The van der Waals surface area contributed by atoms with Crippen LogP contribution in [0.1, 0.15) is 33.5 Å². The summed E-state index contributed by atoms with van der Waals surface area (Å²) in [7, 11) is 1.61. The largest absolute Gasteiger partial charge is 0.497 e. The monoisotopic (exact) mass is 340 g/mol. The van der Waals surface area contributed by atoms with E-state index >= 15 is 0 Å². The quantitative estimate of drug-likeness (QED) is 0.645. The van der Waals surface area contributed by atoms with Gasteiger partial charge in [-0.3, -0.25) is 9.78 Å². The van der Waals surface area contributed by atoms with E-state index < -0.39 is 5.69 Å². The summed E-state index contributed by atoms with van der Waals surface area (Å²) in [6, 6.07) is 7.70. The third kappa shape index (κ3) is 2.69. The first kappa shape index (κ1) is 15.2. The van der Waals surface area contributed by atoms with Crippen molar-refractivity contribution in [3.05, 3.63) is 63.9 Å². The molecule has 1 atom stereocenters. The van der Waals surface area contributed by atoms with Crippen molar-refractivity contribution in [2.24, 2.45) is 0 Å². The average molecular weight is 340 g/mol. The highest BCUT2D eigenvalue weighted by atomic mass is 16.5. The lowest BCUT2D eigenvalue weighted by molar-refractivity contribution is 0.0709. The van der Waals surface area contributed by atoms with Crippen molar-refractivity contribution in [3.63, 3.8) is 0 Å². The summed E-state index contributed by atoms with van der Waals surface area (Å²) in [5.41, 5.74) is 2.27. The van der Waals surface area contributed by atoms with E-state index in [4.69, 9.17) is 4.74 Å². The van der Waals surface area contributed by atoms with Crippen LogP contribution in [-0.4, -0.2) is 49.6 Å². The van der Waals surface area contributed by atoms with Gasteiger partial charge in [0.05, 0.1) is 31.4 Å². The van der Waals surface area contributed by atoms with Crippen LogP contribution in [0.3, 0.4) is 0 Å². The van der Waals surface area contributed by atoms with E-state index in [1.54, 1.807) is 18.3 Å². The molecular formula is C16H16N6O3. The van der Waals surface area contributed by atoms with Crippen molar-refractivity contribution >= 4 is 5.91 Å². The Hall–Kier alpha value is -3.36. The van der Waals surface area contributed by atoms with E-state index in [9.17, 15) is 9.59 Å². The number of nitrogens with zero attached hydrogens (tertiary/aromatic N) is 3. The lowest BCUT2D eigenvalue weighted by Crippen LogP contribution is -2.39. The van der Waals surface area contributed by atoms with Gasteiger partial charge < -0.3 is 14.6 Å². The van der Waals surface area contributed by atoms with Gasteiger partial charge in [-0.05, 0) is 17.7 Å². The number of aromatic nitrogens is 5. The van der Waals surface area contributed by atoms with Crippen molar-refractivity contribution in [1.82, 2.24) is 30.0 Å². The number of methoxy groups -OCH3 is 1. The number of benzene rings is 1. The molecule has 2 aromatic heterocycles. The topological polar surface area (TPSA) is 120 Å². The molecule has 0 saturated carbocycles. The second-order valence-electron chi connectivity index (χ2n) is 5.81. The van der Waals surface area contributed by atoms with Crippen molar-refractivity contribution in [1.29, 1.82) is 0 Å². The van der Waals surface area contributed by atoms with Crippen LogP contribution in [0.25, 0.3) is 0 Å². The van der Waals surface area contributed by atoms with Crippen LogP contribution in [0.15, 0.2) is 35.4 Å². The highest BCUT2D eigenvalue weighted by molar-refractivity contribution is 5.90. The van der Waals surface area contributed by atoms with E-state index in [2.05, 4.69) is 25.1 Å². The molecule has 3 N–H and O–H groups in total. The normalized spacial score (nSPS) is 16.5. The molecule has 25 heavy (non-hydrogen) atoms. The first-order chi connectivity index (χ1) is 12.2. The first-order valence-corrected chi connectivity index (χ1v) is 7.75. The van der Waals surface area contributed by atoms with Gasteiger partial charge in [0, 0.05) is 12.5 Å². The van der Waals surface area contributed by atoms with Crippen LogP contribution < -0.4 is 10.4 Å². The molecule has 4 rings (SSSR count). The maximum atomic E-state index is 12.7. The van der Waals surface area contributed by atoms with Gasteiger partial charge in [-0.2, -0.15) is 0 Å². The fourth-order valence-electron chi connectivity index (χ4n) is 3.12. The van der Waals surface area contributed by atoms with Crippen molar-refractivity contribution in [2.45, 2.75) is 12.5 Å². The predicted octanol–water partition coefficient (Wildman–Crippen LogP) is 0.618.